The molecule has 3 aromatic rings. The molecule has 0 spiro atoms. The Morgan fingerprint density at radius 3 is 2.66 bits per heavy atom. The van der Waals surface area contributed by atoms with Crippen molar-refractivity contribution in [2.75, 3.05) is 43.5 Å². The minimum absolute atomic E-state index is 0.0393. The van der Waals surface area contributed by atoms with Crippen LogP contribution in [0.25, 0.3) is 11.3 Å². The fourth-order valence-electron chi connectivity index (χ4n) is 4.49. The van der Waals surface area contributed by atoms with Gasteiger partial charge in [0.2, 0.25) is 11.8 Å². The number of aryl methyl sites for hydroxylation is 1. The number of rotatable bonds is 11. The number of amides is 1. The van der Waals surface area contributed by atoms with E-state index in [1.807, 2.05) is 37.7 Å². The van der Waals surface area contributed by atoms with Crippen molar-refractivity contribution in [1.82, 2.24) is 34.8 Å². The Morgan fingerprint density at radius 2 is 2.00 bits per heavy atom. The molecule has 2 fully saturated rings. The van der Waals surface area contributed by atoms with Gasteiger partial charge >= 0.3 is 6.01 Å². The Morgan fingerprint density at radius 1 is 1.22 bits per heavy atom. The molecule has 4 heterocycles. The number of hydrogen-bond donors (Lipinski definition) is 2. The van der Waals surface area contributed by atoms with Crippen molar-refractivity contribution in [2.45, 2.75) is 39.5 Å². The maximum atomic E-state index is 12.8. The SMILES string of the molecule is C#CC1(COc2nc(C(=O)NCC(C)C)nc(N3CCC(COc4cc(-c5cn(C)cn5)cnc4N)CC3)n2)CC1. The molecule has 216 valence electrons. The van der Waals surface area contributed by atoms with Gasteiger partial charge in [0.15, 0.2) is 11.6 Å². The second-order valence-corrected chi connectivity index (χ2v) is 11.3. The lowest BCUT2D eigenvalue weighted by atomic mass is 9.98. The molecule has 12 nitrogen and oxygen atoms in total. The summed E-state index contributed by atoms with van der Waals surface area (Å²) in [5.74, 6) is 4.41. The van der Waals surface area contributed by atoms with E-state index >= 15 is 0 Å². The fourth-order valence-corrected chi connectivity index (χ4v) is 4.49. The maximum absolute atomic E-state index is 12.8. The number of nitrogens with two attached hydrogens (primary N) is 1. The highest BCUT2D eigenvalue weighted by atomic mass is 16.5. The van der Waals surface area contributed by atoms with Crippen LogP contribution in [0, 0.1) is 29.6 Å². The first-order valence-corrected chi connectivity index (χ1v) is 14.0. The number of carbonyl (C=O) groups is 1. The molecule has 3 N–H and O–H groups in total. The first-order chi connectivity index (χ1) is 19.7. The minimum Gasteiger partial charge on any atom is -0.489 e. The Bertz CT molecular complexity index is 1420. The van der Waals surface area contributed by atoms with Gasteiger partial charge in [0.25, 0.3) is 5.91 Å². The van der Waals surface area contributed by atoms with Crippen LogP contribution in [0.2, 0.25) is 0 Å². The third-order valence-corrected chi connectivity index (χ3v) is 7.37. The van der Waals surface area contributed by atoms with Gasteiger partial charge in [0.1, 0.15) is 6.61 Å². The van der Waals surface area contributed by atoms with Crippen LogP contribution in [0.15, 0.2) is 24.8 Å². The van der Waals surface area contributed by atoms with Crippen LogP contribution >= 0.6 is 0 Å². The molecular formula is C29H37N9O3. The van der Waals surface area contributed by atoms with Gasteiger partial charge in [-0.3, -0.25) is 4.79 Å². The van der Waals surface area contributed by atoms with Gasteiger partial charge in [0, 0.05) is 44.6 Å². The summed E-state index contributed by atoms with van der Waals surface area (Å²) in [7, 11) is 1.92. The number of pyridine rings is 1. The molecule has 5 rings (SSSR count). The topological polar surface area (TPSA) is 146 Å². The lowest BCUT2D eigenvalue weighted by Gasteiger charge is -2.32. The van der Waals surface area contributed by atoms with Crippen LogP contribution in [-0.2, 0) is 7.05 Å². The van der Waals surface area contributed by atoms with Gasteiger partial charge in [-0.15, -0.1) is 6.42 Å². The molecule has 1 aliphatic heterocycles. The number of hydrogen-bond acceptors (Lipinski definition) is 10. The number of anilines is 2. The first kappa shape index (κ1) is 28.1. The Labute approximate surface area is 240 Å². The summed E-state index contributed by atoms with van der Waals surface area (Å²) < 4.78 is 13.9. The smallest absolute Gasteiger partial charge is 0.322 e. The lowest BCUT2D eigenvalue weighted by molar-refractivity contribution is 0.0936. The summed E-state index contributed by atoms with van der Waals surface area (Å²) in [5.41, 5.74) is 7.49. The van der Waals surface area contributed by atoms with Gasteiger partial charge in [-0.1, -0.05) is 19.8 Å². The third kappa shape index (κ3) is 7.03. The molecule has 0 radical (unpaired) electrons. The summed E-state index contributed by atoms with van der Waals surface area (Å²) in [6, 6.07) is 2.00. The summed E-state index contributed by atoms with van der Waals surface area (Å²) in [4.78, 5) is 36.9. The molecule has 0 atom stereocenters. The standard InChI is InChI=1S/C29H37N9O3/c1-5-29(8-9-29)17-41-28-35-25(26(39)32-13-19(2)3)34-27(36-28)38-10-6-20(7-11-38)16-40-23-12-21(14-31-24(23)30)22-15-37(4)18-33-22/h1,12,14-15,18-20H,6-11,13,16-17H2,2-4H3,(H2,30,31)(H,32,39). The van der Waals surface area contributed by atoms with Crippen LogP contribution < -0.4 is 25.4 Å². The molecule has 1 amide bonds. The Balaban J connectivity index is 1.22. The average Bonchev–Trinajstić information content (AvgIpc) is 3.64. The average molecular weight is 560 g/mol. The predicted molar refractivity (Wildman–Crippen MR) is 154 cm³/mol. The zero-order chi connectivity index (χ0) is 29.0. The molecule has 2 aliphatic rings. The van der Waals surface area contributed by atoms with Crippen molar-refractivity contribution in [1.29, 1.82) is 0 Å². The number of nitrogens with zero attached hydrogens (tertiary/aromatic N) is 7. The minimum atomic E-state index is -0.354. The van der Waals surface area contributed by atoms with E-state index < -0.39 is 0 Å². The van der Waals surface area contributed by atoms with E-state index in [1.54, 1.807) is 12.5 Å². The molecule has 1 saturated carbocycles. The number of carbonyl (C=O) groups excluding carboxylic acids is 1. The van der Waals surface area contributed by atoms with Crippen molar-refractivity contribution in [3.8, 4) is 35.4 Å². The molecule has 12 heteroatoms. The van der Waals surface area contributed by atoms with Gasteiger partial charge in [-0.05, 0) is 43.6 Å². The van der Waals surface area contributed by atoms with Gasteiger partial charge < -0.3 is 30.0 Å². The van der Waals surface area contributed by atoms with Crippen LogP contribution in [0.4, 0.5) is 11.8 Å². The van der Waals surface area contributed by atoms with E-state index in [4.69, 9.17) is 21.6 Å². The molecule has 0 bridgehead atoms. The van der Waals surface area contributed by atoms with E-state index in [0.29, 0.717) is 62.2 Å². The number of nitrogens with one attached hydrogen (secondary N) is 1. The summed E-state index contributed by atoms with van der Waals surface area (Å²) >= 11 is 0. The van der Waals surface area contributed by atoms with E-state index in [-0.39, 0.29) is 23.2 Å². The highest BCUT2D eigenvalue weighted by Gasteiger charge is 2.42. The summed E-state index contributed by atoms with van der Waals surface area (Å²) in [6.45, 7) is 6.79. The number of ether oxygens (including phenoxy) is 2. The first-order valence-electron chi connectivity index (χ1n) is 14.0. The molecule has 3 aromatic heterocycles. The van der Waals surface area contributed by atoms with E-state index in [9.17, 15) is 4.79 Å². The van der Waals surface area contributed by atoms with Crippen LogP contribution in [0.3, 0.4) is 0 Å². The molecule has 1 saturated heterocycles. The second-order valence-electron chi connectivity index (χ2n) is 11.3. The van der Waals surface area contributed by atoms with Gasteiger partial charge in [-0.2, -0.15) is 15.0 Å². The van der Waals surface area contributed by atoms with Gasteiger partial charge in [0.05, 0.1) is 24.0 Å². The largest absolute Gasteiger partial charge is 0.489 e. The third-order valence-electron chi connectivity index (χ3n) is 7.37. The van der Waals surface area contributed by atoms with E-state index in [1.165, 1.54) is 0 Å². The number of piperidine rings is 1. The number of nitrogen functional groups attached to an aromatic ring is 1. The van der Waals surface area contributed by atoms with Gasteiger partial charge in [-0.25, -0.2) is 9.97 Å². The number of aromatic nitrogens is 6. The predicted octanol–water partition coefficient (Wildman–Crippen LogP) is 2.72. The van der Waals surface area contributed by atoms with Crippen LogP contribution in [0.1, 0.15) is 50.1 Å². The maximum Gasteiger partial charge on any atom is 0.322 e. The monoisotopic (exact) mass is 559 g/mol. The molecule has 0 aromatic carbocycles. The Kier molecular flexibility index (Phi) is 8.23. The lowest BCUT2D eigenvalue weighted by Crippen LogP contribution is -2.37. The van der Waals surface area contributed by atoms with Crippen molar-refractivity contribution in [3.63, 3.8) is 0 Å². The second kappa shape index (κ2) is 12.0. The van der Waals surface area contributed by atoms with E-state index in [2.05, 4.69) is 41.1 Å². The summed E-state index contributed by atoms with van der Waals surface area (Å²) in [6.07, 6.45) is 14.5. The molecule has 41 heavy (non-hydrogen) atoms. The van der Waals surface area contributed by atoms with Crippen molar-refractivity contribution in [2.24, 2.45) is 24.3 Å². The Hall–Kier alpha value is -4.40. The quantitative estimate of drug-likeness (QED) is 0.336. The van der Waals surface area contributed by atoms with E-state index in [0.717, 1.165) is 36.9 Å². The normalized spacial score (nSPS) is 16.3. The number of imidazole rings is 1. The van der Waals surface area contributed by atoms with Crippen LogP contribution in [0.5, 0.6) is 11.8 Å². The highest BCUT2D eigenvalue weighted by molar-refractivity contribution is 5.90. The van der Waals surface area contributed by atoms with Crippen molar-refractivity contribution < 1.29 is 14.3 Å². The molecule has 1 aliphatic carbocycles. The summed E-state index contributed by atoms with van der Waals surface area (Å²) in [5, 5.41) is 2.88. The number of terminal acetylenes is 1. The van der Waals surface area contributed by atoms with Crippen LogP contribution in [-0.4, -0.2) is 68.2 Å². The molecular weight excluding hydrogens is 522 g/mol. The fraction of sp³-hybridized carbons (Fsp3) is 0.517. The highest BCUT2D eigenvalue weighted by Crippen LogP contribution is 2.44. The molecule has 0 unspecified atom stereocenters. The zero-order valence-electron chi connectivity index (χ0n) is 23.8. The van der Waals surface area contributed by atoms with Crippen molar-refractivity contribution >= 4 is 17.7 Å². The zero-order valence-corrected chi connectivity index (χ0v) is 23.8. The van der Waals surface area contributed by atoms with Crippen molar-refractivity contribution in [3.05, 3.63) is 30.6 Å².